The highest BCUT2D eigenvalue weighted by Crippen LogP contribution is 2.23. The van der Waals surface area contributed by atoms with E-state index in [-0.39, 0.29) is 11.7 Å². The number of rotatable bonds is 4. The van der Waals surface area contributed by atoms with Gasteiger partial charge in [-0.15, -0.1) is 0 Å². The van der Waals surface area contributed by atoms with Crippen LogP contribution in [0.5, 0.6) is 5.75 Å². The summed E-state index contributed by atoms with van der Waals surface area (Å²) in [6.45, 7) is 7.24. The first-order valence-corrected chi connectivity index (χ1v) is 7.12. The number of anilines is 1. The fourth-order valence-electron chi connectivity index (χ4n) is 2.12. The third kappa shape index (κ3) is 3.64. The molecule has 0 fully saturated rings. The molecule has 22 heavy (non-hydrogen) atoms. The number of halogens is 1. The molecule has 0 saturated carbocycles. The van der Waals surface area contributed by atoms with Crippen LogP contribution in [-0.4, -0.2) is 11.5 Å². The van der Waals surface area contributed by atoms with Crippen LogP contribution in [0.4, 0.5) is 10.1 Å². The highest BCUT2D eigenvalue weighted by atomic mass is 19.1. The molecule has 0 unspecified atom stereocenters. The van der Waals surface area contributed by atoms with Gasteiger partial charge in [0.1, 0.15) is 11.6 Å². The maximum absolute atomic E-state index is 12.9. The Labute approximate surface area is 130 Å². The van der Waals surface area contributed by atoms with Crippen molar-refractivity contribution in [2.45, 2.75) is 33.3 Å². The van der Waals surface area contributed by atoms with Gasteiger partial charge in [-0.1, -0.05) is 18.2 Å². The molecule has 2 aromatic rings. The summed E-state index contributed by atoms with van der Waals surface area (Å²) in [5, 5.41) is 2.91. The number of nitrogens with one attached hydrogen (secondary N) is 1. The minimum atomic E-state index is -1.08. The molecule has 1 amide bonds. The first-order valence-electron chi connectivity index (χ1n) is 7.12. The molecule has 0 saturated heterocycles. The molecule has 116 valence electrons. The number of hydrogen-bond donors (Lipinski definition) is 1. The van der Waals surface area contributed by atoms with Crippen LogP contribution in [0.1, 0.15) is 25.0 Å². The molecule has 0 aromatic heterocycles. The van der Waals surface area contributed by atoms with E-state index in [9.17, 15) is 9.18 Å². The van der Waals surface area contributed by atoms with Crippen molar-refractivity contribution >= 4 is 11.6 Å². The molecule has 4 heteroatoms. The summed E-state index contributed by atoms with van der Waals surface area (Å²) in [6, 6.07) is 11.4. The number of benzene rings is 2. The highest BCUT2D eigenvalue weighted by Gasteiger charge is 2.30. The normalized spacial score (nSPS) is 11.1. The van der Waals surface area contributed by atoms with Gasteiger partial charge in [0.05, 0.1) is 0 Å². The average Bonchev–Trinajstić information content (AvgIpc) is 2.45. The van der Waals surface area contributed by atoms with E-state index < -0.39 is 5.60 Å². The molecule has 2 rings (SSSR count). The first kappa shape index (κ1) is 16.0. The number of carbonyl (C=O) groups excluding carboxylic acids is 1. The van der Waals surface area contributed by atoms with Crippen molar-refractivity contribution in [3.63, 3.8) is 0 Å². The second kappa shape index (κ2) is 6.18. The molecule has 0 bridgehead atoms. The molecule has 0 spiro atoms. The second-order valence-electron chi connectivity index (χ2n) is 5.79. The Bertz CT molecular complexity index is 658. The Balaban J connectivity index is 2.15. The molecule has 1 N–H and O–H groups in total. The van der Waals surface area contributed by atoms with Gasteiger partial charge in [-0.05, 0) is 63.1 Å². The summed E-state index contributed by atoms with van der Waals surface area (Å²) in [7, 11) is 0. The number of ether oxygens (including phenoxy) is 1. The Morgan fingerprint density at radius 1 is 1.05 bits per heavy atom. The summed E-state index contributed by atoms with van der Waals surface area (Å²) in [6.07, 6.45) is 0. The molecule has 0 heterocycles. The standard InChI is InChI=1S/C18H20FNO2/c1-12-6-5-7-13(2)16(12)20-17(21)18(3,4)22-15-10-8-14(19)9-11-15/h5-11H,1-4H3,(H,20,21). The van der Waals surface area contributed by atoms with E-state index in [2.05, 4.69) is 5.32 Å². The van der Waals surface area contributed by atoms with Crippen LogP contribution in [0.3, 0.4) is 0 Å². The second-order valence-corrected chi connectivity index (χ2v) is 5.79. The fourth-order valence-corrected chi connectivity index (χ4v) is 2.12. The summed E-state index contributed by atoms with van der Waals surface area (Å²) in [5.41, 5.74) is 1.70. The van der Waals surface area contributed by atoms with Crippen molar-refractivity contribution in [2.75, 3.05) is 5.32 Å². The fraction of sp³-hybridized carbons (Fsp3) is 0.278. The van der Waals surface area contributed by atoms with E-state index in [1.54, 1.807) is 13.8 Å². The molecule has 3 nitrogen and oxygen atoms in total. The van der Waals surface area contributed by atoms with Crippen molar-refractivity contribution in [1.29, 1.82) is 0 Å². The predicted octanol–water partition coefficient (Wildman–Crippen LogP) is 4.24. The summed E-state index contributed by atoms with van der Waals surface area (Å²) in [4.78, 5) is 12.5. The maximum Gasteiger partial charge on any atom is 0.267 e. The Morgan fingerprint density at radius 3 is 2.14 bits per heavy atom. The van der Waals surface area contributed by atoms with Crippen LogP contribution in [0.2, 0.25) is 0 Å². The van der Waals surface area contributed by atoms with Crippen molar-refractivity contribution < 1.29 is 13.9 Å². The lowest BCUT2D eigenvalue weighted by Gasteiger charge is -2.26. The van der Waals surface area contributed by atoms with E-state index in [0.717, 1.165) is 16.8 Å². The van der Waals surface area contributed by atoms with Gasteiger partial charge in [-0.2, -0.15) is 0 Å². The van der Waals surface area contributed by atoms with Gasteiger partial charge < -0.3 is 10.1 Å². The predicted molar refractivity (Wildman–Crippen MR) is 85.7 cm³/mol. The third-order valence-electron chi connectivity index (χ3n) is 3.45. The molecule has 0 aliphatic heterocycles. The quantitative estimate of drug-likeness (QED) is 0.917. The summed E-state index contributed by atoms with van der Waals surface area (Å²) >= 11 is 0. The van der Waals surface area contributed by atoms with Gasteiger partial charge in [0.25, 0.3) is 5.91 Å². The van der Waals surface area contributed by atoms with Gasteiger partial charge >= 0.3 is 0 Å². The SMILES string of the molecule is Cc1cccc(C)c1NC(=O)C(C)(C)Oc1ccc(F)cc1. The zero-order chi connectivity index (χ0) is 16.3. The van der Waals surface area contributed by atoms with Crippen LogP contribution < -0.4 is 10.1 Å². The van der Waals surface area contributed by atoms with Crippen LogP contribution in [0.25, 0.3) is 0 Å². The van der Waals surface area contributed by atoms with Gasteiger partial charge in [0, 0.05) is 5.69 Å². The largest absolute Gasteiger partial charge is 0.478 e. The smallest absolute Gasteiger partial charge is 0.267 e. The highest BCUT2D eigenvalue weighted by molar-refractivity contribution is 5.98. The lowest BCUT2D eigenvalue weighted by Crippen LogP contribution is -2.42. The number of carbonyl (C=O) groups is 1. The average molecular weight is 301 g/mol. The van der Waals surface area contributed by atoms with E-state index >= 15 is 0 Å². The number of aryl methyl sites for hydroxylation is 2. The Morgan fingerprint density at radius 2 is 1.59 bits per heavy atom. The molecule has 0 aliphatic carbocycles. The van der Waals surface area contributed by atoms with Gasteiger partial charge in [0.2, 0.25) is 0 Å². The van der Waals surface area contributed by atoms with Gasteiger partial charge in [-0.3, -0.25) is 4.79 Å². The van der Waals surface area contributed by atoms with E-state index in [1.165, 1.54) is 24.3 Å². The zero-order valence-corrected chi connectivity index (χ0v) is 13.2. The Kier molecular flexibility index (Phi) is 4.50. The molecular weight excluding hydrogens is 281 g/mol. The van der Waals surface area contributed by atoms with Crippen LogP contribution in [0, 0.1) is 19.7 Å². The number of para-hydroxylation sites is 1. The van der Waals surface area contributed by atoms with Gasteiger partial charge in [0.15, 0.2) is 5.60 Å². The van der Waals surface area contributed by atoms with E-state index in [0.29, 0.717) is 5.75 Å². The lowest BCUT2D eigenvalue weighted by molar-refractivity contribution is -0.128. The van der Waals surface area contributed by atoms with Gasteiger partial charge in [-0.25, -0.2) is 4.39 Å². The third-order valence-corrected chi connectivity index (χ3v) is 3.45. The summed E-state index contributed by atoms with van der Waals surface area (Å²) < 4.78 is 18.6. The minimum Gasteiger partial charge on any atom is -0.478 e. The van der Waals surface area contributed by atoms with E-state index in [4.69, 9.17) is 4.74 Å². The van der Waals surface area contributed by atoms with Crippen molar-refractivity contribution in [1.82, 2.24) is 0 Å². The first-order chi connectivity index (χ1) is 10.3. The monoisotopic (exact) mass is 301 g/mol. The number of amides is 1. The molecule has 0 radical (unpaired) electrons. The van der Waals surface area contributed by atoms with Crippen LogP contribution in [0.15, 0.2) is 42.5 Å². The lowest BCUT2D eigenvalue weighted by atomic mass is 10.1. The molecule has 0 atom stereocenters. The topological polar surface area (TPSA) is 38.3 Å². The maximum atomic E-state index is 12.9. The Hall–Kier alpha value is -2.36. The zero-order valence-electron chi connectivity index (χ0n) is 13.2. The van der Waals surface area contributed by atoms with Crippen molar-refractivity contribution in [2.24, 2.45) is 0 Å². The number of hydrogen-bond acceptors (Lipinski definition) is 2. The molecular formula is C18H20FNO2. The molecule has 2 aromatic carbocycles. The van der Waals surface area contributed by atoms with Crippen LogP contribution in [-0.2, 0) is 4.79 Å². The van der Waals surface area contributed by atoms with Crippen molar-refractivity contribution in [3.8, 4) is 5.75 Å². The minimum absolute atomic E-state index is 0.255. The van der Waals surface area contributed by atoms with E-state index in [1.807, 2.05) is 32.0 Å². The summed E-state index contributed by atoms with van der Waals surface area (Å²) in [5.74, 6) is -0.151. The molecule has 0 aliphatic rings. The van der Waals surface area contributed by atoms with Crippen molar-refractivity contribution in [3.05, 3.63) is 59.4 Å². The van der Waals surface area contributed by atoms with Crippen LogP contribution >= 0.6 is 0 Å².